The highest BCUT2D eigenvalue weighted by Crippen LogP contribution is 2.18. The summed E-state index contributed by atoms with van der Waals surface area (Å²) in [4.78, 5) is 28.6. The maximum Gasteiger partial charge on any atom is 0.256 e. The average Bonchev–Trinajstić information content (AvgIpc) is 2.60. The lowest BCUT2D eigenvalue weighted by Gasteiger charge is -2.32. The molecule has 1 aromatic rings. The largest absolute Gasteiger partial charge is 0.336 e. The number of unbranched alkanes of at least 4 members (excludes halogenated alkanes) is 1. The summed E-state index contributed by atoms with van der Waals surface area (Å²) in [6.45, 7) is 5.19. The van der Waals surface area contributed by atoms with Crippen LogP contribution >= 0.6 is 12.2 Å². The van der Waals surface area contributed by atoms with Crippen molar-refractivity contribution in [3.8, 4) is 0 Å². The van der Waals surface area contributed by atoms with Crippen LogP contribution in [0.15, 0.2) is 24.3 Å². The Morgan fingerprint density at radius 1 is 1.16 bits per heavy atom. The van der Waals surface area contributed by atoms with Crippen LogP contribution in [0.1, 0.15) is 36.5 Å². The van der Waals surface area contributed by atoms with Gasteiger partial charge in [0, 0.05) is 32.6 Å². The monoisotopic (exact) mass is 362 g/mol. The molecule has 1 aliphatic rings. The molecule has 1 aliphatic heterocycles. The number of rotatable bonds is 5. The van der Waals surface area contributed by atoms with E-state index >= 15 is 0 Å². The summed E-state index contributed by atoms with van der Waals surface area (Å²) in [6.07, 6.45) is 2.23. The number of carbonyl (C=O) groups excluding carboxylic acids is 2. The number of carbonyl (C=O) groups is 2. The Morgan fingerprint density at radius 3 is 2.52 bits per heavy atom. The van der Waals surface area contributed by atoms with E-state index in [0.29, 0.717) is 30.8 Å². The van der Waals surface area contributed by atoms with E-state index in [-0.39, 0.29) is 16.9 Å². The van der Waals surface area contributed by atoms with Crippen molar-refractivity contribution in [2.24, 2.45) is 0 Å². The van der Waals surface area contributed by atoms with E-state index in [1.165, 1.54) is 0 Å². The quantitative estimate of drug-likeness (QED) is 0.785. The van der Waals surface area contributed by atoms with Gasteiger partial charge in [0.25, 0.3) is 5.91 Å². The first-order valence-corrected chi connectivity index (χ1v) is 9.09. The van der Waals surface area contributed by atoms with E-state index in [1.807, 2.05) is 24.0 Å². The molecule has 0 bridgehead atoms. The lowest BCUT2D eigenvalue weighted by molar-refractivity contribution is -0.119. The van der Waals surface area contributed by atoms with Crippen molar-refractivity contribution in [1.82, 2.24) is 15.1 Å². The fraction of sp³-hybridized carbons (Fsp3) is 0.500. The van der Waals surface area contributed by atoms with Gasteiger partial charge in [0.15, 0.2) is 5.11 Å². The summed E-state index contributed by atoms with van der Waals surface area (Å²) < 4.78 is 0. The number of piperazine rings is 1. The van der Waals surface area contributed by atoms with E-state index in [9.17, 15) is 9.59 Å². The smallest absolute Gasteiger partial charge is 0.256 e. The van der Waals surface area contributed by atoms with Crippen molar-refractivity contribution in [3.05, 3.63) is 29.8 Å². The third kappa shape index (κ3) is 5.79. The third-order valence-corrected chi connectivity index (χ3v) is 4.41. The molecule has 25 heavy (non-hydrogen) atoms. The normalized spacial score (nSPS) is 14.9. The van der Waals surface area contributed by atoms with Crippen molar-refractivity contribution in [1.29, 1.82) is 0 Å². The number of anilines is 1. The zero-order chi connectivity index (χ0) is 18.2. The molecule has 2 rings (SSSR count). The average molecular weight is 362 g/mol. The molecule has 0 spiro atoms. The number of nitrogens with zero attached hydrogens (tertiary/aromatic N) is 2. The van der Waals surface area contributed by atoms with Gasteiger partial charge in [-0.3, -0.25) is 9.59 Å². The first-order valence-electron chi connectivity index (χ1n) is 8.69. The van der Waals surface area contributed by atoms with Crippen molar-refractivity contribution in [2.75, 3.05) is 38.5 Å². The zero-order valence-electron chi connectivity index (χ0n) is 14.9. The number of nitrogens with one attached hydrogen (secondary N) is 2. The van der Waals surface area contributed by atoms with Gasteiger partial charge in [-0.25, -0.2) is 0 Å². The topological polar surface area (TPSA) is 64.7 Å². The first kappa shape index (κ1) is 19.3. The molecule has 0 atom stereocenters. The van der Waals surface area contributed by atoms with Gasteiger partial charge in [0.05, 0.1) is 11.3 Å². The van der Waals surface area contributed by atoms with Crippen LogP contribution < -0.4 is 10.6 Å². The minimum absolute atomic E-state index is 0.0173. The van der Waals surface area contributed by atoms with Gasteiger partial charge in [-0.2, -0.15) is 0 Å². The highest BCUT2D eigenvalue weighted by Gasteiger charge is 2.22. The van der Waals surface area contributed by atoms with Crippen LogP contribution in [0.3, 0.4) is 0 Å². The minimum atomic E-state index is -0.109. The second-order valence-electron chi connectivity index (χ2n) is 6.25. The van der Waals surface area contributed by atoms with Crippen LogP contribution in [0.25, 0.3) is 0 Å². The first-order chi connectivity index (χ1) is 12.0. The molecule has 136 valence electrons. The summed E-state index contributed by atoms with van der Waals surface area (Å²) in [5.41, 5.74) is 1.18. The SMILES string of the molecule is CCCCC(=O)NC(=S)Nc1ccccc1C(=O)N1CCN(C)CC1. The Hall–Kier alpha value is -1.99. The van der Waals surface area contributed by atoms with Gasteiger partial charge in [-0.1, -0.05) is 25.5 Å². The van der Waals surface area contributed by atoms with Crippen LogP contribution in [0.4, 0.5) is 5.69 Å². The van der Waals surface area contributed by atoms with Gasteiger partial charge in [-0.05, 0) is 37.8 Å². The van der Waals surface area contributed by atoms with Crippen LogP contribution in [0, 0.1) is 0 Å². The van der Waals surface area contributed by atoms with Gasteiger partial charge >= 0.3 is 0 Å². The maximum atomic E-state index is 12.8. The molecule has 7 heteroatoms. The predicted molar refractivity (Wildman–Crippen MR) is 104 cm³/mol. The van der Waals surface area contributed by atoms with Gasteiger partial charge < -0.3 is 20.4 Å². The lowest BCUT2D eigenvalue weighted by atomic mass is 10.1. The maximum absolute atomic E-state index is 12.8. The van der Waals surface area contributed by atoms with Crippen molar-refractivity contribution in [3.63, 3.8) is 0 Å². The number of benzene rings is 1. The standard InChI is InChI=1S/C18H26N4O2S/c1-3-4-9-16(23)20-18(25)19-15-8-6-5-7-14(15)17(24)22-12-10-21(2)11-13-22/h5-8H,3-4,9-13H2,1-2H3,(H2,19,20,23,25). The number of likely N-dealkylation sites (N-methyl/N-ethyl adjacent to an activating group) is 1. The van der Waals surface area contributed by atoms with Gasteiger partial charge in [0.1, 0.15) is 0 Å². The highest BCUT2D eigenvalue weighted by molar-refractivity contribution is 7.80. The van der Waals surface area contributed by atoms with E-state index < -0.39 is 0 Å². The molecule has 1 saturated heterocycles. The fourth-order valence-corrected chi connectivity index (χ4v) is 2.86. The summed E-state index contributed by atoms with van der Waals surface area (Å²) >= 11 is 5.21. The predicted octanol–water partition coefficient (Wildman–Crippen LogP) is 2.08. The molecule has 1 fully saturated rings. The Morgan fingerprint density at radius 2 is 1.84 bits per heavy atom. The van der Waals surface area contributed by atoms with Crippen LogP contribution in [-0.2, 0) is 4.79 Å². The molecule has 0 radical (unpaired) electrons. The van der Waals surface area contributed by atoms with Crippen LogP contribution in [0.5, 0.6) is 0 Å². The minimum Gasteiger partial charge on any atom is -0.336 e. The zero-order valence-corrected chi connectivity index (χ0v) is 15.7. The number of thiocarbonyl (C=S) groups is 1. The van der Waals surface area contributed by atoms with E-state index in [4.69, 9.17) is 12.2 Å². The van der Waals surface area contributed by atoms with E-state index in [2.05, 4.69) is 22.6 Å². The van der Waals surface area contributed by atoms with Crippen molar-refractivity contribution < 1.29 is 9.59 Å². The van der Waals surface area contributed by atoms with Crippen molar-refractivity contribution in [2.45, 2.75) is 26.2 Å². The molecule has 1 aromatic carbocycles. The number of hydrogen-bond acceptors (Lipinski definition) is 4. The van der Waals surface area contributed by atoms with Crippen LogP contribution in [0.2, 0.25) is 0 Å². The highest BCUT2D eigenvalue weighted by atomic mass is 32.1. The number of hydrogen-bond donors (Lipinski definition) is 2. The Kier molecular flexibility index (Phi) is 7.33. The van der Waals surface area contributed by atoms with E-state index in [1.54, 1.807) is 12.1 Å². The molecule has 0 aliphatic carbocycles. The number of para-hydroxylation sites is 1. The molecule has 2 amide bonds. The summed E-state index contributed by atoms with van der Waals surface area (Å²) in [5.74, 6) is -0.126. The molecule has 1 heterocycles. The molecule has 2 N–H and O–H groups in total. The molecule has 0 saturated carbocycles. The lowest BCUT2D eigenvalue weighted by Crippen LogP contribution is -2.47. The fourth-order valence-electron chi connectivity index (χ4n) is 2.64. The summed E-state index contributed by atoms with van der Waals surface area (Å²) in [7, 11) is 2.05. The molecule has 6 nitrogen and oxygen atoms in total. The Bertz CT molecular complexity index is 627. The second kappa shape index (κ2) is 9.48. The molecule has 0 aromatic heterocycles. The van der Waals surface area contributed by atoms with E-state index in [0.717, 1.165) is 25.9 Å². The Labute approximate surface area is 154 Å². The number of amides is 2. The van der Waals surface area contributed by atoms with Gasteiger partial charge in [0.2, 0.25) is 5.91 Å². The third-order valence-electron chi connectivity index (χ3n) is 4.21. The molecular formula is C18H26N4O2S. The summed E-state index contributed by atoms with van der Waals surface area (Å²) in [6, 6.07) is 7.25. The molecule has 0 unspecified atom stereocenters. The van der Waals surface area contributed by atoms with Crippen LogP contribution in [-0.4, -0.2) is 60.0 Å². The molecular weight excluding hydrogens is 336 g/mol. The summed E-state index contributed by atoms with van der Waals surface area (Å²) in [5, 5.41) is 5.87. The van der Waals surface area contributed by atoms with Gasteiger partial charge in [-0.15, -0.1) is 0 Å². The second-order valence-corrected chi connectivity index (χ2v) is 6.66. The Balaban J connectivity index is 2.01. The van der Waals surface area contributed by atoms with Crippen molar-refractivity contribution >= 4 is 34.8 Å².